The summed E-state index contributed by atoms with van der Waals surface area (Å²) >= 11 is 0. The van der Waals surface area contributed by atoms with Crippen LogP contribution < -0.4 is 5.73 Å². The van der Waals surface area contributed by atoms with Crippen molar-refractivity contribution in [2.24, 2.45) is 10.9 Å². The van der Waals surface area contributed by atoms with Crippen molar-refractivity contribution < 1.29 is 19.2 Å². The first kappa shape index (κ1) is 25.2. The molecule has 0 unspecified atom stereocenters. The number of rotatable bonds is 6. The fraction of sp³-hybridized carbons (Fsp3) is 0.652. The van der Waals surface area contributed by atoms with Crippen LogP contribution in [0.1, 0.15) is 70.7 Å². The number of nitrogens with zero attached hydrogens (tertiary/aromatic N) is 2. The van der Waals surface area contributed by atoms with Gasteiger partial charge in [-0.05, 0) is 62.9 Å². The first-order valence-corrected chi connectivity index (χ1v) is 13.8. The van der Waals surface area contributed by atoms with Gasteiger partial charge in [0.2, 0.25) is 0 Å². The topological polar surface area (TPSA) is 97.4 Å². The van der Waals surface area contributed by atoms with Crippen LogP contribution in [-0.2, 0) is 15.6 Å². The molecule has 0 heterocycles. The number of carbonyl (C=O) groups is 1. The molecule has 0 saturated carbocycles. The van der Waals surface area contributed by atoms with Crippen LogP contribution in [0.4, 0.5) is 4.79 Å². The molecule has 31 heavy (non-hydrogen) atoms. The fourth-order valence-electron chi connectivity index (χ4n) is 3.77. The molecular formula is C23H39N3O4Si. The zero-order valence-corrected chi connectivity index (χ0v) is 21.3. The first-order chi connectivity index (χ1) is 14.2. The van der Waals surface area contributed by atoms with E-state index in [0.29, 0.717) is 12.2 Å². The molecule has 0 spiro atoms. The Hall–Kier alpha value is -2.06. The van der Waals surface area contributed by atoms with Crippen molar-refractivity contribution in [2.75, 3.05) is 13.2 Å². The van der Waals surface area contributed by atoms with E-state index in [1.165, 1.54) is 0 Å². The summed E-state index contributed by atoms with van der Waals surface area (Å²) in [7, 11) is -1.88. The Kier molecular flexibility index (Phi) is 7.48. The molecule has 2 rings (SSSR count). The number of ether oxygens (including phenoxy) is 1. The third kappa shape index (κ3) is 5.60. The lowest BCUT2D eigenvalue weighted by Crippen LogP contribution is -2.48. The standard InChI is InChI=1S/C23H39N3O4Si/c1-22(2,3)26(21(27)29-14-15-30-31(7,8)23(4,5)6)19-13-12-16-17(19)10-9-11-18(16)20(24)25-28/h9-11,19,28H,12-15H2,1-8H3,(H2,24,25)/t19-/m1/s1. The summed E-state index contributed by atoms with van der Waals surface area (Å²) < 4.78 is 11.8. The van der Waals surface area contributed by atoms with Crippen LogP contribution >= 0.6 is 0 Å². The van der Waals surface area contributed by atoms with E-state index in [1.54, 1.807) is 4.90 Å². The summed E-state index contributed by atoms with van der Waals surface area (Å²) in [6, 6.07) is 5.60. The molecule has 0 bridgehead atoms. The van der Waals surface area contributed by atoms with Crippen LogP contribution in [0, 0.1) is 0 Å². The molecule has 0 fully saturated rings. The van der Waals surface area contributed by atoms with E-state index >= 15 is 0 Å². The zero-order chi connectivity index (χ0) is 23.6. The predicted molar refractivity (Wildman–Crippen MR) is 126 cm³/mol. The van der Waals surface area contributed by atoms with Crippen LogP contribution in [0.2, 0.25) is 18.1 Å². The maximum Gasteiger partial charge on any atom is 0.410 e. The lowest BCUT2D eigenvalue weighted by atomic mass is 9.98. The smallest absolute Gasteiger partial charge is 0.410 e. The van der Waals surface area contributed by atoms with E-state index in [2.05, 4.69) is 39.0 Å². The predicted octanol–water partition coefficient (Wildman–Crippen LogP) is 5.03. The van der Waals surface area contributed by atoms with Gasteiger partial charge in [-0.3, -0.25) is 4.90 Å². The summed E-state index contributed by atoms with van der Waals surface area (Å²) in [6.07, 6.45) is 1.16. The second-order valence-corrected chi connectivity index (χ2v) is 15.5. The molecule has 3 N–H and O–H groups in total. The van der Waals surface area contributed by atoms with E-state index in [0.717, 1.165) is 24.0 Å². The molecule has 7 nitrogen and oxygen atoms in total. The van der Waals surface area contributed by atoms with Crippen molar-refractivity contribution >= 4 is 20.2 Å². The molecule has 0 aliphatic heterocycles. The molecule has 1 aromatic rings. The SMILES string of the molecule is CC(C)(C)N(C(=O)OCCO[Si](C)(C)C(C)(C)C)[C@@H]1CCc2c(C(N)=NO)cccc21. The molecule has 1 aliphatic rings. The number of benzene rings is 1. The molecule has 8 heteroatoms. The second-order valence-electron chi connectivity index (χ2n) is 10.7. The molecule has 1 aliphatic carbocycles. The lowest BCUT2D eigenvalue weighted by Gasteiger charge is -2.40. The molecule has 0 saturated heterocycles. The fourth-order valence-corrected chi connectivity index (χ4v) is 4.80. The van der Waals surface area contributed by atoms with Gasteiger partial charge in [-0.1, -0.05) is 44.1 Å². The van der Waals surface area contributed by atoms with Crippen LogP contribution in [-0.4, -0.2) is 49.1 Å². The van der Waals surface area contributed by atoms with Crippen LogP contribution in [0.25, 0.3) is 0 Å². The van der Waals surface area contributed by atoms with Gasteiger partial charge in [0.1, 0.15) is 6.61 Å². The molecule has 1 amide bonds. The largest absolute Gasteiger partial charge is 0.447 e. The van der Waals surface area contributed by atoms with Gasteiger partial charge in [-0.25, -0.2) is 4.79 Å². The number of nitrogens with two attached hydrogens (primary N) is 1. The Morgan fingerprint density at radius 3 is 2.42 bits per heavy atom. The molecule has 0 aromatic heterocycles. The van der Waals surface area contributed by atoms with Gasteiger partial charge in [0, 0.05) is 11.1 Å². The number of oxime groups is 1. The molecular weight excluding hydrogens is 410 g/mol. The van der Waals surface area contributed by atoms with Crippen molar-refractivity contribution in [3.05, 3.63) is 34.9 Å². The highest BCUT2D eigenvalue weighted by Crippen LogP contribution is 2.41. The first-order valence-electron chi connectivity index (χ1n) is 10.9. The van der Waals surface area contributed by atoms with Crippen molar-refractivity contribution in [2.45, 2.75) is 84.1 Å². The summed E-state index contributed by atoms with van der Waals surface area (Å²) in [5.41, 5.74) is 8.19. The zero-order valence-electron chi connectivity index (χ0n) is 20.3. The van der Waals surface area contributed by atoms with Crippen molar-refractivity contribution in [1.82, 2.24) is 4.90 Å². The van der Waals surface area contributed by atoms with Gasteiger partial charge in [-0.15, -0.1) is 0 Å². The van der Waals surface area contributed by atoms with Crippen LogP contribution in [0.15, 0.2) is 23.4 Å². The monoisotopic (exact) mass is 449 g/mol. The highest BCUT2D eigenvalue weighted by Gasteiger charge is 2.40. The van der Waals surface area contributed by atoms with Crippen molar-refractivity contribution in [1.29, 1.82) is 0 Å². The van der Waals surface area contributed by atoms with E-state index < -0.39 is 13.9 Å². The summed E-state index contributed by atoms with van der Waals surface area (Å²) in [5, 5.41) is 12.4. The van der Waals surface area contributed by atoms with Gasteiger partial charge >= 0.3 is 6.09 Å². The Balaban J connectivity index is 2.16. The van der Waals surface area contributed by atoms with E-state index in [9.17, 15) is 4.79 Å². The molecule has 0 radical (unpaired) electrons. The third-order valence-corrected chi connectivity index (χ3v) is 11.0. The number of hydrogen-bond donors (Lipinski definition) is 2. The van der Waals surface area contributed by atoms with Gasteiger partial charge in [-0.2, -0.15) is 0 Å². The highest BCUT2D eigenvalue weighted by atomic mass is 28.4. The summed E-state index contributed by atoms with van der Waals surface area (Å²) in [5.74, 6) is 0.0881. The normalized spacial score (nSPS) is 17.4. The minimum absolute atomic E-state index is 0.0881. The molecule has 1 atom stereocenters. The Morgan fingerprint density at radius 2 is 1.87 bits per heavy atom. The lowest BCUT2D eigenvalue weighted by molar-refractivity contribution is 0.0358. The summed E-state index contributed by atoms with van der Waals surface area (Å²) in [6.45, 7) is 17.6. The minimum atomic E-state index is -1.88. The average Bonchev–Trinajstić information content (AvgIpc) is 3.06. The Morgan fingerprint density at radius 1 is 1.23 bits per heavy atom. The maximum absolute atomic E-state index is 13.2. The quantitative estimate of drug-likeness (QED) is 0.159. The summed E-state index contributed by atoms with van der Waals surface area (Å²) in [4.78, 5) is 15.0. The number of carbonyl (C=O) groups excluding carboxylic acids is 1. The maximum atomic E-state index is 13.2. The van der Waals surface area contributed by atoms with Crippen molar-refractivity contribution in [3.8, 4) is 0 Å². The molecule has 1 aromatic carbocycles. The van der Waals surface area contributed by atoms with Crippen molar-refractivity contribution in [3.63, 3.8) is 0 Å². The van der Waals surface area contributed by atoms with Gasteiger partial charge < -0.3 is 20.1 Å². The number of amidine groups is 1. The van der Waals surface area contributed by atoms with Gasteiger partial charge in [0.25, 0.3) is 0 Å². The van der Waals surface area contributed by atoms with Crippen LogP contribution in [0.3, 0.4) is 0 Å². The number of fused-ring (bicyclic) bond motifs is 1. The number of hydrogen-bond acceptors (Lipinski definition) is 5. The Labute approximate surface area is 187 Å². The molecule has 174 valence electrons. The Bertz CT molecular complexity index is 825. The average molecular weight is 450 g/mol. The van der Waals surface area contributed by atoms with Gasteiger partial charge in [0.15, 0.2) is 14.2 Å². The minimum Gasteiger partial charge on any atom is -0.447 e. The van der Waals surface area contributed by atoms with E-state index in [-0.39, 0.29) is 29.6 Å². The van der Waals surface area contributed by atoms with E-state index in [4.69, 9.17) is 20.1 Å². The third-order valence-electron chi connectivity index (χ3n) is 6.43. The van der Waals surface area contributed by atoms with Crippen LogP contribution in [0.5, 0.6) is 0 Å². The van der Waals surface area contributed by atoms with E-state index in [1.807, 2.05) is 39.0 Å². The number of amides is 1. The van der Waals surface area contributed by atoms with Gasteiger partial charge in [0.05, 0.1) is 12.6 Å². The highest BCUT2D eigenvalue weighted by molar-refractivity contribution is 6.74. The second kappa shape index (κ2) is 9.20.